The van der Waals surface area contributed by atoms with E-state index in [1.165, 1.54) is 18.3 Å². The predicted octanol–water partition coefficient (Wildman–Crippen LogP) is 3.93. The maximum atomic E-state index is 12.3. The lowest BCUT2D eigenvalue weighted by molar-refractivity contribution is 0.0698. The van der Waals surface area contributed by atoms with Crippen LogP contribution in [-0.4, -0.2) is 22.0 Å². The van der Waals surface area contributed by atoms with Crippen molar-refractivity contribution in [1.82, 2.24) is 4.98 Å². The molecule has 0 unspecified atom stereocenters. The number of carbonyl (C=O) groups excluding carboxylic acids is 1. The average Bonchev–Trinajstić information content (AvgIpc) is 3.13. The van der Waals surface area contributed by atoms with Gasteiger partial charge in [0, 0.05) is 10.0 Å². The standard InChI is InChI=1S/C18H10BrN3O4/c19-12-4-5-14(13(7-12)18(24)25)22-16(23)17-21-9-15(26-17)11-3-1-2-10(6-11)8-20/h1-7,9H,(H,22,23)(H,24,25). The quantitative estimate of drug-likeness (QED) is 0.671. The van der Waals surface area contributed by atoms with Gasteiger partial charge in [-0.2, -0.15) is 5.26 Å². The number of oxazole rings is 1. The summed E-state index contributed by atoms with van der Waals surface area (Å²) >= 11 is 3.19. The summed E-state index contributed by atoms with van der Waals surface area (Å²) in [6, 6.07) is 13.1. The Morgan fingerprint density at radius 1 is 1.23 bits per heavy atom. The minimum Gasteiger partial charge on any atom is -0.478 e. The highest BCUT2D eigenvalue weighted by atomic mass is 79.9. The molecule has 3 aromatic rings. The van der Waals surface area contributed by atoms with Crippen molar-refractivity contribution in [3.63, 3.8) is 0 Å². The van der Waals surface area contributed by atoms with Crippen molar-refractivity contribution in [3.8, 4) is 17.4 Å². The van der Waals surface area contributed by atoms with Crippen molar-refractivity contribution in [3.05, 3.63) is 70.2 Å². The van der Waals surface area contributed by atoms with E-state index in [1.54, 1.807) is 30.3 Å². The van der Waals surface area contributed by atoms with Gasteiger partial charge in [0.25, 0.3) is 5.89 Å². The largest absolute Gasteiger partial charge is 0.478 e. The average molecular weight is 412 g/mol. The van der Waals surface area contributed by atoms with Gasteiger partial charge < -0.3 is 14.8 Å². The first kappa shape index (κ1) is 17.4. The predicted molar refractivity (Wildman–Crippen MR) is 95.7 cm³/mol. The summed E-state index contributed by atoms with van der Waals surface area (Å²) in [6.07, 6.45) is 1.37. The van der Waals surface area contributed by atoms with Crippen LogP contribution >= 0.6 is 15.9 Å². The van der Waals surface area contributed by atoms with Crippen molar-refractivity contribution >= 4 is 33.5 Å². The second-order valence-electron chi connectivity index (χ2n) is 5.17. The maximum Gasteiger partial charge on any atom is 0.337 e. The lowest BCUT2D eigenvalue weighted by Crippen LogP contribution is -2.15. The van der Waals surface area contributed by atoms with E-state index in [2.05, 4.69) is 26.2 Å². The molecule has 0 saturated heterocycles. The first-order chi connectivity index (χ1) is 12.5. The number of anilines is 1. The van der Waals surface area contributed by atoms with Gasteiger partial charge in [0.1, 0.15) is 0 Å². The normalized spacial score (nSPS) is 10.2. The molecule has 1 aromatic heterocycles. The third-order valence-corrected chi connectivity index (χ3v) is 3.93. The summed E-state index contributed by atoms with van der Waals surface area (Å²) < 4.78 is 6.01. The molecule has 0 aliphatic rings. The fourth-order valence-electron chi connectivity index (χ4n) is 2.23. The summed E-state index contributed by atoms with van der Waals surface area (Å²) in [6.45, 7) is 0. The highest BCUT2D eigenvalue weighted by Gasteiger charge is 2.18. The number of aromatic carboxylic acids is 1. The molecule has 1 amide bonds. The number of nitrogens with zero attached hydrogens (tertiary/aromatic N) is 2. The molecule has 0 bridgehead atoms. The van der Waals surface area contributed by atoms with Gasteiger partial charge >= 0.3 is 11.9 Å². The van der Waals surface area contributed by atoms with Gasteiger partial charge in [-0.1, -0.05) is 28.1 Å². The summed E-state index contributed by atoms with van der Waals surface area (Å²) in [4.78, 5) is 27.5. The van der Waals surface area contributed by atoms with Gasteiger partial charge in [0.05, 0.1) is 29.1 Å². The minimum absolute atomic E-state index is 0.0683. The Morgan fingerprint density at radius 2 is 2.04 bits per heavy atom. The van der Waals surface area contributed by atoms with Gasteiger partial charge in [-0.05, 0) is 30.3 Å². The number of nitriles is 1. The lowest BCUT2D eigenvalue weighted by Gasteiger charge is -2.07. The fourth-order valence-corrected chi connectivity index (χ4v) is 2.59. The molecular formula is C18H10BrN3O4. The van der Waals surface area contributed by atoms with E-state index >= 15 is 0 Å². The maximum absolute atomic E-state index is 12.3. The Kier molecular flexibility index (Phi) is 4.82. The molecule has 0 saturated carbocycles. The van der Waals surface area contributed by atoms with Gasteiger partial charge in [-0.3, -0.25) is 4.79 Å². The molecule has 0 radical (unpaired) electrons. The van der Waals surface area contributed by atoms with Gasteiger partial charge in [-0.15, -0.1) is 0 Å². The van der Waals surface area contributed by atoms with Crippen LogP contribution in [0.1, 0.15) is 26.6 Å². The number of hydrogen-bond donors (Lipinski definition) is 2. The number of carboxylic acids is 1. The number of aromatic nitrogens is 1. The number of halogens is 1. The summed E-state index contributed by atoms with van der Waals surface area (Å²) in [7, 11) is 0. The van der Waals surface area contributed by atoms with Crippen molar-refractivity contribution < 1.29 is 19.1 Å². The van der Waals surface area contributed by atoms with E-state index in [9.17, 15) is 14.7 Å². The number of nitrogens with one attached hydrogen (secondary N) is 1. The van der Waals surface area contributed by atoms with Crippen LogP contribution in [0.3, 0.4) is 0 Å². The molecule has 7 nitrogen and oxygen atoms in total. The monoisotopic (exact) mass is 411 g/mol. The molecule has 0 atom stereocenters. The smallest absolute Gasteiger partial charge is 0.337 e. The SMILES string of the molecule is N#Cc1cccc(-c2cnc(C(=O)Nc3ccc(Br)cc3C(=O)O)o2)c1. The van der Waals surface area contributed by atoms with Gasteiger partial charge in [0.15, 0.2) is 5.76 Å². The number of amides is 1. The molecule has 0 aliphatic heterocycles. The van der Waals surface area contributed by atoms with Crippen LogP contribution in [0.15, 0.2) is 57.6 Å². The molecule has 3 rings (SSSR count). The van der Waals surface area contributed by atoms with Gasteiger partial charge in [-0.25, -0.2) is 9.78 Å². The Labute approximate surface area is 156 Å². The molecular weight excluding hydrogens is 402 g/mol. The van der Waals surface area contributed by atoms with Crippen molar-refractivity contribution in [2.45, 2.75) is 0 Å². The first-order valence-electron chi connectivity index (χ1n) is 7.28. The summed E-state index contributed by atoms with van der Waals surface area (Å²) in [5, 5.41) is 20.7. The number of carbonyl (C=O) groups is 2. The van der Waals surface area contributed by atoms with Crippen LogP contribution in [0.2, 0.25) is 0 Å². The van der Waals surface area contributed by atoms with E-state index in [1.807, 2.05) is 6.07 Å². The van der Waals surface area contributed by atoms with Crippen LogP contribution < -0.4 is 5.32 Å². The molecule has 2 aromatic carbocycles. The number of benzene rings is 2. The zero-order chi connectivity index (χ0) is 18.7. The van der Waals surface area contributed by atoms with Crippen molar-refractivity contribution in [2.24, 2.45) is 0 Å². The molecule has 0 aliphatic carbocycles. The van der Waals surface area contributed by atoms with Crippen LogP contribution in [0.4, 0.5) is 5.69 Å². The zero-order valence-corrected chi connectivity index (χ0v) is 14.6. The Hall–Kier alpha value is -3.44. The number of rotatable bonds is 4. The Balaban J connectivity index is 1.85. The second-order valence-corrected chi connectivity index (χ2v) is 6.09. The molecule has 0 fully saturated rings. The Morgan fingerprint density at radius 3 is 2.77 bits per heavy atom. The topological polar surface area (TPSA) is 116 Å². The number of hydrogen-bond acceptors (Lipinski definition) is 5. The van der Waals surface area contributed by atoms with Gasteiger partial charge in [0.2, 0.25) is 0 Å². The van der Waals surface area contributed by atoms with E-state index < -0.39 is 11.9 Å². The molecule has 128 valence electrons. The highest BCUT2D eigenvalue weighted by Crippen LogP contribution is 2.24. The molecule has 2 N–H and O–H groups in total. The van der Waals surface area contributed by atoms with Crippen LogP contribution in [-0.2, 0) is 0 Å². The van der Waals surface area contributed by atoms with Crippen molar-refractivity contribution in [1.29, 1.82) is 5.26 Å². The number of carboxylic acid groups (broad SMARTS) is 1. The fraction of sp³-hybridized carbons (Fsp3) is 0. The third-order valence-electron chi connectivity index (χ3n) is 3.44. The van der Waals surface area contributed by atoms with Crippen LogP contribution in [0.25, 0.3) is 11.3 Å². The molecule has 0 spiro atoms. The van der Waals surface area contributed by atoms with Crippen LogP contribution in [0.5, 0.6) is 0 Å². The van der Waals surface area contributed by atoms with E-state index in [0.29, 0.717) is 21.4 Å². The first-order valence-corrected chi connectivity index (χ1v) is 8.08. The highest BCUT2D eigenvalue weighted by molar-refractivity contribution is 9.10. The molecule has 26 heavy (non-hydrogen) atoms. The summed E-state index contributed by atoms with van der Waals surface area (Å²) in [5.41, 5.74) is 1.11. The van der Waals surface area contributed by atoms with Crippen molar-refractivity contribution in [2.75, 3.05) is 5.32 Å². The van der Waals surface area contributed by atoms with E-state index in [0.717, 1.165) is 0 Å². The third kappa shape index (κ3) is 3.63. The molecule has 8 heteroatoms. The van der Waals surface area contributed by atoms with E-state index in [4.69, 9.17) is 9.68 Å². The lowest BCUT2D eigenvalue weighted by atomic mass is 10.1. The second kappa shape index (κ2) is 7.21. The summed E-state index contributed by atoms with van der Waals surface area (Å²) in [5.74, 6) is -1.76. The van der Waals surface area contributed by atoms with E-state index in [-0.39, 0.29) is 17.1 Å². The Bertz CT molecular complexity index is 1050. The van der Waals surface area contributed by atoms with Crippen LogP contribution in [0, 0.1) is 11.3 Å². The minimum atomic E-state index is -1.18. The molecule has 1 heterocycles. The zero-order valence-electron chi connectivity index (χ0n) is 13.1.